The van der Waals surface area contributed by atoms with Gasteiger partial charge >= 0.3 is 0 Å². The van der Waals surface area contributed by atoms with Crippen LogP contribution in [0.3, 0.4) is 0 Å². The Bertz CT molecular complexity index is 1540. The quantitative estimate of drug-likeness (QED) is 0.0821. The second-order valence-corrected chi connectivity index (χ2v) is 12.1. The van der Waals surface area contributed by atoms with Crippen LogP contribution in [0.5, 0.6) is 34.5 Å². The first-order chi connectivity index (χ1) is 23.9. The Morgan fingerprint density at radius 2 is 0.420 bits per heavy atom. The van der Waals surface area contributed by atoms with E-state index in [4.69, 9.17) is 11.5 Å². The first-order valence-corrected chi connectivity index (χ1v) is 16.1. The van der Waals surface area contributed by atoms with E-state index in [0.717, 1.165) is 33.4 Å². The van der Waals surface area contributed by atoms with Crippen molar-refractivity contribution in [1.82, 2.24) is 0 Å². The van der Waals surface area contributed by atoms with Gasteiger partial charge in [-0.15, -0.1) is 0 Å². The van der Waals surface area contributed by atoms with Gasteiger partial charge in [0.2, 0.25) is 0 Å². The summed E-state index contributed by atoms with van der Waals surface area (Å²) in [6.45, 7) is 5.36. The third-order valence-electron chi connectivity index (χ3n) is 8.83. The molecule has 0 aliphatic carbocycles. The summed E-state index contributed by atoms with van der Waals surface area (Å²) in [6.07, 6.45) is 0. The van der Waals surface area contributed by atoms with Crippen LogP contribution in [0.15, 0.2) is 146 Å². The highest BCUT2D eigenvalue weighted by molar-refractivity contribution is 5.53. The van der Waals surface area contributed by atoms with E-state index in [0.29, 0.717) is 13.1 Å². The van der Waals surface area contributed by atoms with E-state index in [9.17, 15) is 30.6 Å². The molecular weight excluding hydrogens is 628 g/mol. The molecule has 0 aliphatic heterocycles. The average Bonchev–Trinajstić information content (AvgIpc) is 3.13. The van der Waals surface area contributed by atoms with Crippen LogP contribution in [0.4, 0.5) is 0 Å². The third-order valence-corrected chi connectivity index (χ3v) is 8.83. The first kappa shape index (κ1) is 36.9. The normalized spacial score (nSPS) is 11.0. The molecule has 0 unspecified atom stereocenters. The first-order valence-electron chi connectivity index (χ1n) is 16.1. The predicted octanol–water partition coefficient (Wildman–Crippen LogP) is 7.22. The Morgan fingerprint density at radius 1 is 0.300 bits per heavy atom. The minimum Gasteiger partial charge on any atom is -0.508 e. The molecule has 50 heavy (non-hydrogen) atoms. The van der Waals surface area contributed by atoms with Crippen LogP contribution in [0.25, 0.3) is 0 Å². The lowest BCUT2D eigenvalue weighted by atomic mass is 9.71. The van der Waals surface area contributed by atoms with Crippen molar-refractivity contribution in [2.24, 2.45) is 11.5 Å². The van der Waals surface area contributed by atoms with Crippen LogP contribution in [0, 0.1) is 0 Å². The lowest BCUT2D eigenvalue weighted by molar-refractivity contribution is 0.472. The van der Waals surface area contributed by atoms with Gasteiger partial charge in [-0.2, -0.15) is 0 Å². The third kappa shape index (κ3) is 8.54. The zero-order chi connectivity index (χ0) is 36.3. The van der Waals surface area contributed by atoms with Gasteiger partial charge in [0.25, 0.3) is 0 Å². The van der Waals surface area contributed by atoms with Gasteiger partial charge in [0.05, 0.1) is 0 Å². The Labute approximate surface area is 292 Å². The summed E-state index contributed by atoms with van der Waals surface area (Å²) < 4.78 is 0. The smallest absolute Gasteiger partial charge is 0.115 e. The van der Waals surface area contributed by atoms with Gasteiger partial charge in [0.1, 0.15) is 34.5 Å². The molecule has 0 aliphatic rings. The summed E-state index contributed by atoms with van der Waals surface area (Å²) in [5, 5.41) is 57.4. The number of benzene rings is 6. The van der Waals surface area contributed by atoms with Gasteiger partial charge in [-0.05, 0) is 120 Å². The number of rotatable bonds is 7. The molecule has 0 saturated carbocycles. The monoisotopic (exact) mass is 672 g/mol. The standard InChI is InChI=1S/2C20H18O3.C2H8N2/c2*1-20(14-2-8-17(21)9-3-14,15-4-10-18(22)11-5-15)16-6-12-19(23)13-7-16;3-1-2-4/h2*2-13,21-23H,1H3;1-4H2. The maximum absolute atomic E-state index is 9.57. The molecule has 10 N–H and O–H groups in total. The SMILES string of the molecule is CC(c1ccc(O)cc1)(c1ccc(O)cc1)c1ccc(O)cc1.CC(c1ccc(O)cc1)(c1ccc(O)cc1)c1ccc(O)cc1.NCCN. The lowest BCUT2D eigenvalue weighted by Crippen LogP contribution is -2.25. The van der Waals surface area contributed by atoms with E-state index >= 15 is 0 Å². The van der Waals surface area contributed by atoms with E-state index in [1.807, 2.05) is 72.8 Å². The van der Waals surface area contributed by atoms with E-state index in [2.05, 4.69) is 13.8 Å². The maximum atomic E-state index is 9.57. The number of hydrogen-bond donors (Lipinski definition) is 8. The highest BCUT2D eigenvalue weighted by Gasteiger charge is 2.32. The number of phenolic OH excluding ortho intramolecular Hbond substituents is 6. The second kappa shape index (κ2) is 16.4. The van der Waals surface area contributed by atoms with Crippen molar-refractivity contribution in [2.45, 2.75) is 24.7 Å². The molecule has 0 amide bonds. The predicted molar refractivity (Wildman–Crippen MR) is 198 cm³/mol. The summed E-state index contributed by atoms with van der Waals surface area (Å²) >= 11 is 0. The van der Waals surface area contributed by atoms with Gasteiger partial charge < -0.3 is 42.1 Å². The van der Waals surface area contributed by atoms with Gasteiger partial charge in [-0.1, -0.05) is 72.8 Å². The zero-order valence-corrected chi connectivity index (χ0v) is 28.1. The number of hydrogen-bond acceptors (Lipinski definition) is 8. The molecular formula is C42H44N2O6. The molecule has 0 saturated heterocycles. The van der Waals surface area contributed by atoms with Crippen molar-refractivity contribution in [3.05, 3.63) is 179 Å². The van der Waals surface area contributed by atoms with Gasteiger partial charge in [-0.3, -0.25) is 0 Å². The Balaban J connectivity index is 0.000000203. The van der Waals surface area contributed by atoms with E-state index in [1.54, 1.807) is 72.8 Å². The minimum atomic E-state index is -0.477. The number of nitrogens with two attached hydrogens (primary N) is 2. The lowest BCUT2D eigenvalue weighted by Gasteiger charge is -2.32. The molecule has 0 spiro atoms. The fourth-order valence-electron chi connectivity index (χ4n) is 5.77. The molecule has 0 atom stereocenters. The molecule has 0 aromatic heterocycles. The van der Waals surface area contributed by atoms with Crippen molar-refractivity contribution >= 4 is 0 Å². The molecule has 0 bridgehead atoms. The van der Waals surface area contributed by atoms with Crippen molar-refractivity contribution in [1.29, 1.82) is 0 Å². The fraction of sp³-hybridized carbons (Fsp3) is 0.143. The van der Waals surface area contributed by atoms with E-state index < -0.39 is 10.8 Å². The Kier molecular flexibility index (Phi) is 12.1. The molecule has 6 aromatic carbocycles. The minimum absolute atomic E-state index is 0.215. The number of phenols is 6. The van der Waals surface area contributed by atoms with Crippen LogP contribution < -0.4 is 11.5 Å². The average molecular weight is 673 g/mol. The molecule has 6 rings (SSSR count). The number of aromatic hydroxyl groups is 6. The largest absolute Gasteiger partial charge is 0.508 e. The van der Waals surface area contributed by atoms with Crippen molar-refractivity contribution in [2.75, 3.05) is 13.1 Å². The van der Waals surface area contributed by atoms with Gasteiger partial charge in [-0.25, -0.2) is 0 Å². The Morgan fingerprint density at radius 3 is 0.520 bits per heavy atom. The van der Waals surface area contributed by atoms with E-state index in [-0.39, 0.29) is 34.5 Å². The van der Waals surface area contributed by atoms with Crippen LogP contribution in [0.2, 0.25) is 0 Å². The van der Waals surface area contributed by atoms with Crippen molar-refractivity contribution in [3.8, 4) is 34.5 Å². The van der Waals surface area contributed by atoms with Crippen LogP contribution in [0.1, 0.15) is 47.2 Å². The zero-order valence-electron chi connectivity index (χ0n) is 28.1. The summed E-state index contributed by atoms with van der Waals surface area (Å²) in [5.74, 6) is 1.29. The molecule has 258 valence electrons. The molecule has 8 nitrogen and oxygen atoms in total. The summed E-state index contributed by atoms with van der Waals surface area (Å²) in [5.41, 5.74) is 14.9. The maximum Gasteiger partial charge on any atom is 0.115 e. The summed E-state index contributed by atoms with van der Waals surface area (Å²) in [7, 11) is 0. The summed E-state index contributed by atoms with van der Waals surface area (Å²) in [6, 6.07) is 42.5. The second-order valence-electron chi connectivity index (χ2n) is 12.1. The van der Waals surface area contributed by atoms with Gasteiger partial charge in [0, 0.05) is 23.9 Å². The van der Waals surface area contributed by atoms with Crippen molar-refractivity contribution < 1.29 is 30.6 Å². The van der Waals surface area contributed by atoms with Crippen molar-refractivity contribution in [3.63, 3.8) is 0 Å². The van der Waals surface area contributed by atoms with Crippen LogP contribution >= 0.6 is 0 Å². The van der Waals surface area contributed by atoms with Crippen LogP contribution in [-0.4, -0.2) is 43.7 Å². The van der Waals surface area contributed by atoms with Crippen LogP contribution in [-0.2, 0) is 10.8 Å². The van der Waals surface area contributed by atoms with Gasteiger partial charge in [0.15, 0.2) is 0 Å². The highest BCUT2D eigenvalue weighted by Crippen LogP contribution is 2.41. The highest BCUT2D eigenvalue weighted by atomic mass is 16.3. The molecule has 0 fully saturated rings. The summed E-state index contributed by atoms with van der Waals surface area (Å²) in [4.78, 5) is 0. The molecule has 0 radical (unpaired) electrons. The Hall–Kier alpha value is -5.96. The molecule has 0 heterocycles. The topological polar surface area (TPSA) is 173 Å². The molecule has 6 aromatic rings. The fourth-order valence-corrected chi connectivity index (χ4v) is 5.77. The molecule has 8 heteroatoms. The van der Waals surface area contributed by atoms with E-state index in [1.165, 1.54) is 0 Å².